The van der Waals surface area contributed by atoms with Gasteiger partial charge in [-0.2, -0.15) is 4.98 Å². The molecule has 0 radical (unpaired) electrons. The van der Waals surface area contributed by atoms with Crippen LogP contribution in [0.2, 0.25) is 5.28 Å². The minimum absolute atomic E-state index is 0.224. The van der Waals surface area contributed by atoms with Crippen LogP contribution in [0.4, 0.5) is 0 Å². The lowest BCUT2D eigenvalue weighted by atomic mass is 10.1. The molecule has 3 rings (SSSR count). The summed E-state index contributed by atoms with van der Waals surface area (Å²) in [6.07, 6.45) is 0. The van der Waals surface area contributed by atoms with Gasteiger partial charge in [-0.3, -0.25) is 0 Å². The van der Waals surface area contributed by atoms with E-state index in [2.05, 4.69) is 16.1 Å². The van der Waals surface area contributed by atoms with Gasteiger partial charge in [0.05, 0.1) is 12.8 Å². The van der Waals surface area contributed by atoms with E-state index in [0.29, 0.717) is 5.82 Å². The summed E-state index contributed by atoms with van der Waals surface area (Å²) >= 11 is 6.00. The number of rotatable bonds is 3. The van der Waals surface area contributed by atoms with Crippen molar-refractivity contribution in [2.45, 2.75) is 6.92 Å². The maximum atomic E-state index is 6.00. The van der Waals surface area contributed by atoms with E-state index in [1.54, 1.807) is 11.8 Å². The van der Waals surface area contributed by atoms with Gasteiger partial charge in [-0.1, -0.05) is 23.8 Å². The number of aryl methyl sites for hydroxylation is 1. The summed E-state index contributed by atoms with van der Waals surface area (Å²) < 4.78 is 6.90. The zero-order chi connectivity index (χ0) is 14.8. The lowest BCUT2D eigenvalue weighted by Gasteiger charge is -2.07. The van der Waals surface area contributed by atoms with Gasteiger partial charge in [-0.15, -0.1) is 5.10 Å². The molecular weight excluding hydrogens is 286 g/mol. The van der Waals surface area contributed by atoms with Crippen LogP contribution in [0.1, 0.15) is 5.56 Å². The third-order valence-corrected chi connectivity index (χ3v) is 3.33. The number of hydrogen-bond acceptors (Lipinski definition) is 3. The van der Waals surface area contributed by atoms with Crippen LogP contribution in [-0.4, -0.2) is 21.9 Å². The number of ether oxygens (including phenoxy) is 1. The second-order valence-corrected chi connectivity index (χ2v) is 5.02. The highest BCUT2D eigenvalue weighted by atomic mass is 35.5. The van der Waals surface area contributed by atoms with Gasteiger partial charge in [0, 0.05) is 5.56 Å². The van der Waals surface area contributed by atoms with E-state index in [1.807, 2.05) is 49.4 Å². The van der Waals surface area contributed by atoms with Crippen molar-refractivity contribution >= 4 is 11.6 Å². The molecular formula is C16H14ClN3O. The van der Waals surface area contributed by atoms with Crippen molar-refractivity contribution in [3.8, 4) is 22.8 Å². The van der Waals surface area contributed by atoms with Crippen LogP contribution in [0.5, 0.6) is 5.75 Å². The second-order valence-electron chi connectivity index (χ2n) is 4.68. The molecule has 0 unspecified atom stereocenters. The van der Waals surface area contributed by atoms with Crippen molar-refractivity contribution < 1.29 is 4.74 Å². The van der Waals surface area contributed by atoms with Crippen molar-refractivity contribution in [3.05, 3.63) is 59.4 Å². The van der Waals surface area contributed by atoms with Crippen LogP contribution in [0.25, 0.3) is 17.1 Å². The van der Waals surface area contributed by atoms with Crippen LogP contribution in [0.15, 0.2) is 48.5 Å². The lowest BCUT2D eigenvalue weighted by Crippen LogP contribution is -1.99. The molecule has 3 aromatic rings. The van der Waals surface area contributed by atoms with Gasteiger partial charge in [0.1, 0.15) is 5.75 Å². The third kappa shape index (κ3) is 2.76. The number of halogens is 1. The molecule has 106 valence electrons. The quantitative estimate of drug-likeness (QED) is 0.736. The van der Waals surface area contributed by atoms with Crippen LogP contribution in [0, 0.1) is 6.92 Å². The summed E-state index contributed by atoms with van der Waals surface area (Å²) in [6.45, 7) is 2.04. The van der Waals surface area contributed by atoms with Crippen molar-refractivity contribution in [1.82, 2.24) is 14.8 Å². The standard InChI is InChI=1S/C16H14ClN3O/c1-11-4-3-5-12(10-11)15-18-16(17)19-20(15)13-6-8-14(21-2)9-7-13/h3-10H,1-2H3. The zero-order valence-electron chi connectivity index (χ0n) is 11.7. The molecule has 0 saturated carbocycles. The minimum Gasteiger partial charge on any atom is -0.497 e. The summed E-state index contributed by atoms with van der Waals surface area (Å²) in [6, 6.07) is 15.7. The summed E-state index contributed by atoms with van der Waals surface area (Å²) in [5.41, 5.74) is 3.02. The number of hydrogen-bond donors (Lipinski definition) is 0. The first kappa shape index (κ1) is 13.6. The Morgan fingerprint density at radius 3 is 2.52 bits per heavy atom. The molecule has 0 atom stereocenters. The van der Waals surface area contributed by atoms with Crippen LogP contribution in [0.3, 0.4) is 0 Å². The molecule has 2 aromatic carbocycles. The molecule has 0 aliphatic heterocycles. The summed E-state index contributed by atoms with van der Waals surface area (Å²) in [5, 5.41) is 4.50. The Morgan fingerprint density at radius 1 is 1.10 bits per heavy atom. The van der Waals surface area contributed by atoms with Gasteiger partial charge < -0.3 is 4.74 Å². The highest BCUT2D eigenvalue weighted by Crippen LogP contribution is 2.24. The molecule has 4 nitrogen and oxygen atoms in total. The van der Waals surface area contributed by atoms with Gasteiger partial charge in [-0.05, 0) is 48.9 Å². The molecule has 0 bridgehead atoms. The first-order valence-corrected chi connectivity index (χ1v) is 6.89. The van der Waals surface area contributed by atoms with Crippen molar-refractivity contribution in [2.75, 3.05) is 7.11 Å². The number of methoxy groups -OCH3 is 1. The Balaban J connectivity index is 2.10. The first-order valence-electron chi connectivity index (χ1n) is 6.51. The highest BCUT2D eigenvalue weighted by Gasteiger charge is 2.12. The molecule has 1 heterocycles. The smallest absolute Gasteiger partial charge is 0.243 e. The third-order valence-electron chi connectivity index (χ3n) is 3.17. The maximum absolute atomic E-state index is 6.00. The van der Waals surface area contributed by atoms with E-state index in [0.717, 1.165) is 22.6 Å². The second kappa shape index (κ2) is 5.58. The maximum Gasteiger partial charge on any atom is 0.243 e. The molecule has 5 heteroatoms. The lowest BCUT2D eigenvalue weighted by molar-refractivity contribution is 0.414. The fourth-order valence-electron chi connectivity index (χ4n) is 2.16. The number of benzene rings is 2. The first-order chi connectivity index (χ1) is 10.2. The van der Waals surface area contributed by atoms with E-state index in [4.69, 9.17) is 16.3 Å². The van der Waals surface area contributed by atoms with Gasteiger partial charge in [0.15, 0.2) is 5.82 Å². The van der Waals surface area contributed by atoms with E-state index < -0.39 is 0 Å². The summed E-state index contributed by atoms with van der Waals surface area (Å²) in [5.74, 6) is 1.51. The molecule has 0 amide bonds. The van der Waals surface area contributed by atoms with E-state index in [9.17, 15) is 0 Å². The zero-order valence-corrected chi connectivity index (χ0v) is 12.5. The Kier molecular flexibility index (Phi) is 3.62. The summed E-state index contributed by atoms with van der Waals surface area (Å²) in [7, 11) is 1.64. The molecule has 0 N–H and O–H groups in total. The molecule has 21 heavy (non-hydrogen) atoms. The van der Waals surface area contributed by atoms with Crippen molar-refractivity contribution in [2.24, 2.45) is 0 Å². The fourth-order valence-corrected chi connectivity index (χ4v) is 2.32. The van der Waals surface area contributed by atoms with Gasteiger partial charge in [0.25, 0.3) is 0 Å². The predicted octanol–water partition coefficient (Wildman–Crippen LogP) is 3.90. The van der Waals surface area contributed by atoms with Gasteiger partial charge >= 0.3 is 0 Å². The average molecular weight is 300 g/mol. The molecule has 1 aromatic heterocycles. The van der Waals surface area contributed by atoms with Gasteiger partial charge in [-0.25, -0.2) is 4.68 Å². The summed E-state index contributed by atoms with van der Waals surface area (Å²) in [4.78, 5) is 4.33. The highest BCUT2D eigenvalue weighted by molar-refractivity contribution is 6.28. The molecule has 0 spiro atoms. The fraction of sp³-hybridized carbons (Fsp3) is 0.125. The van der Waals surface area contributed by atoms with Crippen LogP contribution < -0.4 is 4.74 Å². The minimum atomic E-state index is 0.224. The Labute approximate surface area is 128 Å². The molecule has 0 aliphatic rings. The molecule has 0 fully saturated rings. The van der Waals surface area contributed by atoms with Crippen LogP contribution >= 0.6 is 11.6 Å². The van der Waals surface area contributed by atoms with E-state index in [-0.39, 0.29) is 5.28 Å². The topological polar surface area (TPSA) is 39.9 Å². The molecule has 0 saturated heterocycles. The average Bonchev–Trinajstić information content (AvgIpc) is 2.89. The Morgan fingerprint density at radius 2 is 1.86 bits per heavy atom. The Bertz CT molecular complexity index is 765. The van der Waals surface area contributed by atoms with Crippen molar-refractivity contribution in [1.29, 1.82) is 0 Å². The SMILES string of the molecule is COc1ccc(-n2nc(Cl)nc2-c2cccc(C)c2)cc1. The number of nitrogens with zero attached hydrogens (tertiary/aromatic N) is 3. The van der Waals surface area contributed by atoms with E-state index >= 15 is 0 Å². The number of aromatic nitrogens is 3. The monoisotopic (exact) mass is 299 g/mol. The van der Waals surface area contributed by atoms with Crippen molar-refractivity contribution in [3.63, 3.8) is 0 Å². The van der Waals surface area contributed by atoms with Crippen LogP contribution in [-0.2, 0) is 0 Å². The van der Waals surface area contributed by atoms with E-state index in [1.165, 1.54) is 0 Å². The predicted molar refractivity (Wildman–Crippen MR) is 83.1 cm³/mol. The largest absolute Gasteiger partial charge is 0.497 e. The Hall–Kier alpha value is -2.33. The van der Waals surface area contributed by atoms with Gasteiger partial charge in [0.2, 0.25) is 5.28 Å². The normalized spacial score (nSPS) is 10.6. The molecule has 0 aliphatic carbocycles.